The van der Waals surface area contributed by atoms with Gasteiger partial charge >= 0.3 is 0 Å². The minimum atomic E-state index is -0.338. The zero-order chi connectivity index (χ0) is 14.7. The maximum atomic E-state index is 12.5. The SMILES string of the molecule is O=c1c(Sc2ccccc2)c(O)cnn1-c1ccccc1. The smallest absolute Gasteiger partial charge is 0.289 e. The minimum Gasteiger partial charge on any atom is -0.505 e. The van der Waals surface area contributed by atoms with Crippen LogP contribution in [0.1, 0.15) is 0 Å². The van der Waals surface area contributed by atoms with Gasteiger partial charge in [0.2, 0.25) is 0 Å². The molecule has 0 saturated heterocycles. The zero-order valence-electron chi connectivity index (χ0n) is 11.0. The second-order valence-electron chi connectivity index (χ2n) is 4.33. The van der Waals surface area contributed by atoms with Crippen molar-refractivity contribution < 1.29 is 5.11 Å². The van der Waals surface area contributed by atoms with E-state index in [1.807, 2.05) is 48.5 Å². The molecule has 3 aromatic rings. The highest BCUT2D eigenvalue weighted by Gasteiger charge is 2.13. The van der Waals surface area contributed by atoms with Crippen molar-refractivity contribution in [3.63, 3.8) is 0 Å². The third kappa shape index (κ3) is 2.83. The summed E-state index contributed by atoms with van der Waals surface area (Å²) in [6.07, 6.45) is 1.29. The summed E-state index contributed by atoms with van der Waals surface area (Å²) in [7, 11) is 0. The molecule has 104 valence electrons. The molecule has 1 heterocycles. The lowest BCUT2D eigenvalue weighted by atomic mass is 10.3. The average Bonchev–Trinajstić information content (AvgIpc) is 2.53. The van der Waals surface area contributed by atoms with Crippen LogP contribution >= 0.6 is 11.8 Å². The van der Waals surface area contributed by atoms with Crippen LogP contribution in [0, 0.1) is 0 Å². The fraction of sp³-hybridized carbons (Fsp3) is 0. The van der Waals surface area contributed by atoms with Crippen LogP contribution in [0.2, 0.25) is 0 Å². The van der Waals surface area contributed by atoms with E-state index in [0.29, 0.717) is 5.69 Å². The van der Waals surface area contributed by atoms with E-state index in [9.17, 15) is 9.90 Å². The Morgan fingerprint density at radius 2 is 1.57 bits per heavy atom. The average molecular weight is 296 g/mol. The molecule has 0 atom stereocenters. The molecule has 0 saturated carbocycles. The van der Waals surface area contributed by atoms with Gasteiger partial charge in [0, 0.05) is 4.90 Å². The molecule has 0 aliphatic carbocycles. The summed E-state index contributed by atoms with van der Waals surface area (Å²) in [6.45, 7) is 0. The number of hydrogen-bond donors (Lipinski definition) is 1. The number of para-hydroxylation sites is 1. The molecule has 21 heavy (non-hydrogen) atoms. The summed E-state index contributed by atoms with van der Waals surface area (Å²) in [6, 6.07) is 18.6. The summed E-state index contributed by atoms with van der Waals surface area (Å²) in [5, 5.41) is 13.9. The van der Waals surface area contributed by atoms with Gasteiger partial charge in [-0.25, -0.2) is 0 Å². The fourth-order valence-corrected chi connectivity index (χ4v) is 2.74. The van der Waals surface area contributed by atoms with Crippen LogP contribution in [0.15, 0.2) is 81.4 Å². The Labute approximate surface area is 125 Å². The van der Waals surface area contributed by atoms with E-state index < -0.39 is 0 Å². The molecule has 0 bridgehead atoms. The first-order chi connectivity index (χ1) is 10.3. The van der Waals surface area contributed by atoms with Crippen LogP contribution in [0.4, 0.5) is 0 Å². The van der Waals surface area contributed by atoms with Crippen molar-refractivity contribution in [3.05, 3.63) is 77.2 Å². The summed E-state index contributed by atoms with van der Waals surface area (Å²) in [5.74, 6) is -0.110. The molecule has 1 N–H and O–H groups in total. The second kappa shape index (κ2) is 5.85. The van der Waals surface area contributed by atoms with Gasteiger partial charge in [-0.15, -0.1) is 0 Å². The number of hydrogen-bond acceptors (Lipinski definition) is 4. The first-order valence-electron chi connectivity index (χ1n) is 6.35. The minimum absolute atomic E-state index is 0.110. The Morgan fingerprint density at radius 3 is 2.24 bits per heavy atom. The van der Waals surface area contributed by atoms with Crippen LogP contribution in [-0.4, -0.2) is 14.9 Å². The van der Waals surface area contributed by atoms with Crippen LogP contribution in [0.3, 0.4) is 0 Å². The lowest BCUT2D eigenvalue weighted by Gasteiger charge is -2.08. The number of benzene rings is 2. The monoisotopic (exact) mass is 296 g/mol. The molecule has 2 aromatic carbocycles. The van der Waals surface area contributed by atoms with E-state index in [1.165, 1.54) is 22.6 Å². The molecule has 0 aliphatic heterocycles. The summed E-state index contributed by atoms with van der Waals surface area (Å²) < 4.78 is 1.28. The lowest BCUT2D eigenvalue weighted by molar-refractivity contribution is 0.451. The fourth-order valence-electron chi connectivity index (χ4n) is 1.88. The topological polar surface area (TPSA) is 55.1 Å². The molecule has 0 radical (unpaired) electrons. The molecule has 0 aliphatic rings. The summed E-state index contributed by atoms with van der Waals surface area (Å²) in [4.78, 5) is 13.7. The molecule has 0 spiro atoms. The predicted molar refractivity (Wildman–Crippen MR) is 82.1 cm³/mol. The number of aromatic nitrogens is 2. The highest BCUT2D eigenvalue weighted by atomic mass is 32.2. The third-order valence-electron chi connectivity index (χ3n) is 2.88. The van der Waals surface area contributed by atoms with Gasteiger partial charge in [0.15, 0.2) is 5.75 Å². The molecule has 4 nitrogen and oxygen atoms in total. The summed E-state index contributed by atoms with van der Waals surface area (Å²) >= 11 is 1.23. The third-order valence-corrected chi connectivity index (χ3v) is 3.97. The first-order valence-corrected chi connectivity index (χ1v) is 7.17. The van der Waals surface area contributed by atoms with E-state index >= 15 is 0 Å². The lowest BCUT2D eigenvalue weighted by Crippen LogP contribution is -2.22. The number of rotatable bonds is 3. The Bertz CT molecular complexity index is 802. The van der Waals surface area contributed by atoms with Gasteiger partial charge in [-0.1, -0.05) is 48.2 Å². The quantitative estimate of drug-likeness (QED) is 0.807. The maximum Gasteiger partial charge on any atom is 0.289 e. The zero-order valence-corrected chi connectivity index (χ0v) is 11.8. The van der Waals surface area contributed by atoms with Gasteiger partial charge < -0.3 is 5.11 Å². The maximum absolute atomic E-state index is 12.5. The van der Waals surface area contributed by atoms with Crippen molar-refractivity contribution in [2.45, 2.75) is 9.79 Å². The Hall–Kier alpha value is -2.53. The van der Waals surface area contributed by atoms with E-state index in [1.54, 1.807) is 12.1 Å². The second-order valence-corrected chi connectivity index (χ2v) is 5.41. The van der Waals surface area contributed by atoms with Gasteiger partial charge in [0.05, 0.1) is 11.9 Å². The number of aromatic hydroxyl groups is 1. The van der Waals surface area contributed by atoms with Crippen molar-refractivity contribution in [2.75, 3.05) is 0 Å². The first kappa shape index (κ1) is 13.5. The molecule has 3 rings (SSSR count). The van der Waals surface area contributed by atoms with Crippen LogP contribution < -0.4 is 5.56 Å². The van der Waals surface area contributed by atoms with Gasteiger partial charge in [0.25, 0.3) is 5.56 Å². The van der Waals surface area contributed by atoms with E-state index in [2.05, 4.69) is 5.10 Å². The van der Waals surface area contributed by atoms with Crippen molar-refractivity contribution in [1.82, 2.24) is 9.78 Å². The summed E-state index contributed by atoms with van der Waals surface area (Å²) in [5.41, 5.74) is 0.326. The number of nitrogens with zero attached hydrogens (tertiary/aromatic N) is 2. The van der Waals surface area contributed by atoms with Gasteiger partial charge in [-0.2, -0.15) is 9.78 Å². The van der Waals surface area contributed by atoms with Crippen LogP contribution in [-0.2, 0) is 0 Å². The Kier molecular flexibility index (Phi) is 3.75. The van der Waals surface area contributed by atoms with Gasteiger partial charge in [-0.3, -0.25) is 4.79 Å². The Morgan fingerprint density at radius 1 is 0.952 bits per heavy atom. The molecule has 0 fully saturated rings. The molecular formula is C16H12N2O2S. The van der Waals surface area contributed by atoms with E-state index in [-0.39, 0.29) is 16.2 Å². The molecular weight excluding hydrogens is 284 g/mol. The Balaban J connectivity index is 2.07. The van der Waals surface area contributed by atoms with Crippen molar-refractivity contribution in [3.8, 4) is 11.4 Å². The largest absolute Gasteiger partial charge is 0.505 e. The molecule has 5 heteroatoms. The van der Waals surface area contributed by atoms with Crippen LogP contribution in [0.25, 0.3) is 5.69 Å². The highest BCUT2D eigenvalue weighted by Crippen LogP contribution is 2.30. The van der Waals surface area contributed by atoms with Crippen molar-refractivity contribution >= 4 is 11.8 Å². The standard InChI is InChI=1S/C16H12N2O2S/c19-14-11-17-18(12-7-3-1-4-8-12)16(20)15(14)21-13-9-5-2-6-10-13/h1-11,19H. The molecule has 1 aromatic heterocycles. The normalized spacial score (nSPS) is 10.5. The van der Waals surface area contributed by atoms with E-state index in [0.717, 1.165) is 4.90 Å². The highest BCUT2D eigenvalue weighted by molar-refractivity contribution is 7.99. The van der Waals surface area contributed by atoms with Crippen molar-refractivity contribution in [1.29, 1.82) is 0 Å². The van der Waals surface area contributed by atoms with Gasteiger partial charge in [-0.05, 0) is 24.3 Å². The van der Waals surface area contributed by atoms with Crippen molar-refractivity contribution in [2.24, 2.45) is 0 Å². The molecule has 0 amide bonds. The van der Waals surface area contributed by atoms with E-state index in [4.69, 9.17) is 0 Å². The molecule has 0 unspecified atom stereocenters. The van der Waals surface area contributed by atoms with Gasteiger partial charge in [0.1, 0.15) is 4.90 Å². The predicted octanol–water partition coefficient (Wildman–Crippen LogP) is 3.09. The van der Waals surface area contributed by atoms with Crippen LogP contribution in [0.5, 0.6) is 5.75 Å².